The first-order valence-corrected chi connectivity index (χ1v) is 19.7. The van der Waals surface area contributed by atoms with Crippen LogP contribution in [0.2, 0.25) is 0 Å². The molecule has 272 valence electrons. The number of hydrogen-bond donors (Lipinski definition) is 2. The van der Waals surface area contributed by atoms with E-state index in [1.54, 1.807) is 6.07 Å². The van der Waals surface area contributed by atoms with Crippen LogP contribution in [0.25, 0.3) is 17.0 Å². The van der Waals surface area contributed by atoms with Gasteiger partial charge in [-0.2, -0.15) is 0 Å². The lowest BCUT2D eigenvalue weighted by molar-refractivity contribution is -0.153. The molecule has 3 aliphatic rings. The molecule has 0 bridgehead atoms. The molecule has 0 radical (unpaired) electrons. The number of nitrogens with zero attached hydrogens (tertiary/aromatic N) is 3. The van der Waals surface area contributed by atoms with E-state index in [1.807, 2.05) is 42.7 Å². The number of carboxylic acid groups (broad SMARTS) is 1. The van der Waals surface area contributed by atoms with Crippen molar-refractivity contribution in [3.63, 3.8) is 0 Å². The van der Waals surface area contributed by atoms with Gasteiger partial charge in [0.25, 0.3) is 5.91 Å². The minimum absolute atomic E-state index is 0.0873. The predicted molar refractivity (Wildman–Crippen MR) is 203 cm³/mol. The molecule has 51 heavy (non-hydrogen) atoms. The van der Waals surface area contributed by atoms with Gasteiger partial charge in [0.1, 0.15) is 6.04 Å². The van der Waals surface area contributed by atoms with E-state index in [1.165, 1.54) is 78.7 Å². The number of carbonyl (C=O) groups excluding carboxylic acids is 2. The molecule has 2 atom stereocenters. The minimum Gasteiger partial charge on any atom is -0.481 e. The van der Waals surface area contributed by atoms with Gasteiger partial charge in [0.05, 0.1) is 10.8 Å². The number of benzene rings is 1. The molecule has 1 saturated carbocycles. The molecule has 3 aromatic rings. The lowest BCUT2D eigenvalue weighted by Crippen LogP contribution is -2.59. The summed E-state index contributed by atoms with van der Waals surface area (Å²) in [5.74, 6) is 1.23. The first-order chi connectivity index (χ1) is 24.4. The molecular weight excluding hydrogens is 657 g/mol. The van der Waals surface area contributed by atoms with Gasteiger partial charge < -0.3 is 15.3 Å². The molecule has 2 aliphatic carbocycles. The van der Waals surface area contributed by atoms with E-state index >= 15 is 0 Å². The second-order valence-electron chi connectivity index (χ2n) is 16.2. The molecule has 3 heterocycles. The second-order valence-corrected chi connectivity index (χ2v) is 17.3. The minimum atomic E-state index is -0.909. The van der Waals surface area contributed by atoms with Gasteiger partial charge in [-0.05, 0) is 85.5 Å². The van der Waals surface area contributed by atoms with Crippen LogP contribution in [-0.4, -0.2) is 56.9 Å². The van der Waals surface area contributed by atoms with Crippen LogP contribution in [0.1, 0.15) is 118 Å². The summed E-state index contributed by atoms with van der Waals surface area (Å²) in [5.41, 5.74) is 5.68. The summed E-state index contributed by atoms with van der Waals surface area (Å²) < 4.78 is 0. The van der Waals surface area contributed by atoms with Crippen LogP contribution < -0.4 is 5.32 Å². The number of amides is 2. The zero-order valence-electron chi connectivity index (χ0n) is 30.9. The number of carbonyl (C=O) groups is 3. The maximum Gasteiger partial charge on any atom is 0.310 e. The van der Waals surface area contributed by atoms with E-state index in [4.69, 9.17) is 9.97 Å². The lowest BCUT2D eigenvalue weighted by atomic mass is 9.69. The number of hydrogen-bond acceptors (Lipinski definition) is 6. The Morgan fingerprint density at radius 2 is 1.63 bits per heavy atom. The number of rotatable bonds is 11. The summed E-state index contributed by atoms with van der Waals surface area (Å²) in [4.78, 5) is 50.9. The maximum atomic E-state index is 13.5. The van der Waals surface area contributed by atoms with Crippen LogP contribution in [0.5, 0.6) is 0 Å². The smallest absolute Gasteiger partial charge is 0.310 e. The number of likely N-dealkylation sites (tertiary alicyclic amines) is 1. The highest BCUT2D eigenvalue weighted by Gasteiger charge is 2.39. The predicted octanol–water partition coefficient (Wildman–Crippen LogP) is 8.57. The van der Waals surface area contributed by atoms with Crippen molar-refractivity contribution in [2.45, 2.75) is 110 Å². The Balaban J connectivity index is 1.10. The molecule has 2 aromatic heterocycles. The monoisotopic (exact) mass is 710 g/mol. The molecule has 0 spiro atoms. The van der Waals surface area contributed by atoms with E-state index in [2.05, 4.69) is 39.9 Å². The lowest BCUT2D eigenvalue weighted by Gasteiger charge is -2.38. The first-order valence-electron chi connectivity index (χ1n) is 18.9. The zero-order valence-corrected chi connectivity index (χ0v) is 31.7. The fraction of sp³-hybridized carbons (Fsp3) is 0.548. The molecule has 8 nitrogen and oxygen atoms in total. The Labute approximate surface area is 307 Å². The normalized spacial score (nSPS) is 22.0. The Hall–Kier alpha value is -3.85. The van der Waals surface area contributed by atoms with Gasteiger partial charge >= 0.3 is 5.97 Å². The third-order valence-electron chi connectivity index (χ3n) is 11.5. The van der Waals surface area contributed by atoms with Gasteiger partial charge in [0.2, 0.25) is 5.91 Å². The van der Waals surface area contributed by atoms with Crippen molar-refractivity contribution in [3.8, 4) is 11.4 Å². The standard InChI is InChI=1S/C42H54N4O4S/c1-6-7-27-8-12-29(13-9-27)31-16-17-34(26(2)20-31)32-22-43-38(44-23-32)30-14-10-28(11-15-30)21-35(40(48)46-24-33(25-46)41(49)50)45-39(47)36-18-19-37(51-36)42(3,4)5/h10-11,14-15,18-19,22-23,27,29,31,33,35H,6-9,12-13,16-17,20-21,24-25H2,1-5H3,(H,45,47)(H,49,50)/t27-,29-,31?,35-/m0/s1. The third kappa shape index (κ3) is 8.79. The first kappa shape index (κ1) is 36.9. The summed E-state index contributed by atoms with van der Waals surface area (Å²) in [6.45, 7) is 11.2. The topological polar surface area (TPSA) is 112 Å². The van der Waals surface area contributed by atoms with E-state index in [0.717, 1.165) is 45.7 Å². The molecule has 1 saturated heterocycles. The zero-order chi connectivity index (χ0) is 36.3. The second kappa shape index (κ2) is 15.8. The van der Waals surface area contributed by atoms with E-state index in [0.29, 0.717) is 10.7 Å². The number of aromatic nitrogens is 2. The van der Waals surface area contributed by atoms with Gasteiger partial charge in [-0.15, -0.1) is 11.3 Å². The van der Waals surface area contributed by atoms with Gasteiger partial charge in [0.15, 0.2) is 5.82 Å². The van der Waals surface area contributed by atoms with Gasteiger partial charge in [0, 0.05) is 47.9 Å². The molecule has 1 aliphatic heterocycles. The quantitative estimate of drug-likeness (QED) is 0.206. The molecule has 2 fully saturated rings. The van der Waals surface area contributed by atoms with Crippen molar-refractivity contribution in [2.24, 2.45) is 23.7 Å². The highest BCUT2D eigenvalue weighted by molar-refractivity contribution is 7.14. The van der Waals surface area contributed by atoms with Crippen molar-refractivity contribution < 1.29 is 19.5 Å². The van der Waals surface area contributed by atoms with Crippen molar-refractivity contribution in [3.05, 3.63) is 75.2 Å². The summed E-state index contributed by atoms with van der Waals surface area (Å²) in [7, 11) is 0. The molecule has 6 rings (SSSR count). The van der Waals surface area contributed by atoms with Crippen molar-refractivity contribution in [2.75, 3.05) is 13.1 Å². The van der Waals surface area contributed by atoms with Crippen LogP contribution in [-0.2, 0) is 21.4 Å². The third-order valence-corrected chi connectivity index (χ3v) is 13.0. The van der Waals surface area contributed by atoms with Crippen LogP contribution in [0.15, 0.2) is 54.4 Å². The highest BCUT2D eigenvalue weighted by Crippen LogP contribution is 2.44. The summed E-state index contributed by atoms with van der Waals surface area (Å²) >= 11 is 1.43. The number of aliphatic carboxylic acids is 1. The number of thiophene rings is 1. The van der Waals surface area contributed by atoms with Gasteiger partial charge in [-0.3, -0.25) is 14.4 Å². The molecule has 1 unspecified atom stereocenters. The summed E-state index contributed by atoms with van der Waals surface area (Å²) in [6, 6.07) is 10.7. The average Bonchev–Trinajstić information content (AvgIpc) is 3.60. The van der Waals surface area contributed by atoms with Crippen LogP contribution in [0.4, 0.5) is 0 Å². The highest BCUT2D eigenvalue weighted by atomic mass is 32.1. The summed E-state index contributed by atoms with van der Waals surface area (Å²) in [5, 5.41) is 12.3. The van der Waals surface area contributed by atoms with Crippen molar-refractivity contribution in [1.29, 1.82) is 0 Å². The van der Waals surface area contributed by atoms with E-state index in [9.17, 15) is 19.5 Å². The molecule has 2 amide bonds. The maximum absolute atomic E-state index is 13.5. The van der Waals surface area contributed by atoms with Crippen molar-refractivity contribution >= 4 is 34.7 Å². The van der Waals surface area contributed by atoms with Gasteiger partial charge in [-0.25, -0.2) is 9.97 Å². The van der Waals surface area contributed by atoms with Crippen molar-refractivity contribution in [1.82, 2.24) is 20.2 Å². The van der Waals surface area contributed by atoms with Crippen LogP contribution in [0.3, 0.4) is 0 Å². The average molecular weight is 711 g/mol. The van der Waals surface area contributed by atoms with Gasteiger partial charge in [-0.1, -0.05) is 83.2 Å². The Morgan fingerprint density at radius 1 is 0.941 bits per heavy atom. The number of carboxylic acids is 1. The number of allylic oxidation sites excluding steroid dienone is 2. The summed E-state index contributed by atoms with van der Waals surface area (Å²) in [6.07, 6.45) is 16.1. The molecule has 9 heteroatoms. The SMILES string of the molecule is CCC[C@H]1CC[C@H](C2CCC(c3cnc(-c4ccc(C[C@H](NC(=O)c5ccc(C(C)(C)C)s5)C(=O)N5CC(C(=O)O)C5)cc4)nc3)=C(C)C2)CC1. The largest absolute Gasteiger partial charge is 0.481 e. The number of nitrogens with one attached hydrogen (secondary N) is 1. The molecule has 2 N–H and O–H groups in total. The van der Waals surface area contributed by atoms with Crippen LogP contribution in [0, 0.1) is 23.7 Å². The fourth-order valence-corrected chi connectivity index (χ4v) is 9.26. The fourth-order valence-electron chi connectivity index (χ4n) is 8.30. The Morgan fingerprint density at radius 3 is 2.22 bits per heavy atom. The Bertz CT molecular complexity index is 1730. The molecule has 1 aromatic carbocycles. The van der Waals surface area contributed by atoms with E-state index < -0.39 is 17.9 Å². The molecular formula is C42H54N4O4S. The Kier molecular flexibility index (Phi) is 11.4. The van der Waals surface area contributed by atoms with E-state index in [-0.39, 0.29) is 36.7 Å². The van der Waals surface area contributed by atoms with Crippen LogP contribution >= 0.6 is 11.3 Å².